The molecule has 4 nitrogen and oxygen atoms in total. The van der Waals surface area contributed by atoms with Crippen molar-refractivity contribution in [3.63, 3.8) is 0 Å². The molecule has 15 heavy (non-hydrogen) atoms. The van der Waals surface area contributed by atoms with Crippen molar-refractivity contribution >= 4 is 5.78 Å². The fraction of sp³-hybridized carbons (Fsp3) is 0.636. The van der Waals surface area contributed by atoms with Crippen LogP contribution in [0.2, 0.25) is 0 Å². The minimum Gasteiger partial charge on any atom is -0.396 e. The zero-order valence-electron chi connectivity index (χ0n) is 9.53. The Labute approximate surface area is 89.9 Å². The second kappa shape index (κ2) is 5.07. The smallest absolute Gasteiger partial charge is 0.133 e. The Bertz CT molecular complexity index is 344. The molecule has 1 N–H and O–H groups in total. The molecule has 0 saturated heterocycles. The second-order valence-corrected chi connectivity index (χ2v) is 3.92. The summed E-state index contributed by atoms with van der Waals surface area (Å²) in [7, 11) is 1.87. The lowest BCUT2D eigenvalue weighted by Gasteiger charge is -2.11. The maximum atomic E-state index is 11.3. The van der Waals surface area contributed by atoms with E-state index >= 15 is 0 Å². The molecule has 0 aromatic carbocycles. The number of aromatic nitrogens is 2. The number of rotatable bonds is 5. The van der Waals surface area contributed by atoms with Gasteiger partial charge in [0.05, 0.1) is 5.69 Å². The van der Waals surface area contributed by atoms with Crippen LogP contribution < -0.4 is 0 Å². The van der Waals surface area contributed by atoms with Gasteiger partial charge >= 0.3 is 0 Å². The quantitative estimate of drug-likeness (QED) is 0.784. The summed E-state index contributed by atoms with van der Waals surface area (Å²) in [4.78, 5) is 11.3. The highest BCUT2D eigenvalue weighted by Crippen LogP contribution is 2.13. The molecule has 0 aliphatic heterocycles. The topological polar surface area (TPSA) is 55.1 Å². The summed E-state index contributed by atoms with van der Waals surface area (Å²) < 4.78 is 1.79. The average molecular weight is 210 g/mol. The van der Waals surface area contributed by atoms with Crippen LogP contribution in [0.3, 0.4) is 0 Å². The molecule has 0 spiro atoms. The Morgan fingerprint density at radius 2 is 2.33 bits per heavy atom. The van der Waals surface area contributed by atoms with E-state index < -0.39 is 0 Å². The van der Waals surface area contributed by atoms with Gasteiger partial charge in [-0.1, -0.05) is 0 Å². The number of aliphatic hydroxyl groups excluding tert-OH is 1. The lowest BCUT2D eigenvalue weighted by atomic mass is 9.96. The van der Waals surface area contributed by atoms with Crippen LogP contribution in [0.25, 0.3) is 0 Å². The SMILES string of the molecule is CC(=O)C(CCO)Cc1cc(C)nn1C. The van der Waals surface area contributed by atoms with Crippen molar-refractivity contribution in [2.45, 2.75) is 26.7 Å². The number of aliphatic hydroxyl groups is 1. The summed E-state index contributed by atoms with van der Waals surface area (Å²) in [6.45, 7) is 3.56. The molecule has 1 heterocycles. The van der Waals surface area contributed by atoms with Gasteiger partial charge in [0, 0.05) is 25.3 Å². The lowest BCUT2D eigenvalue weighted by molar-refractivity contribution is -0.121. The molecule has 1 unspecified atom stereocenters. The molecule has 0 bridgehead atoms. The number of ketones is 1. The first-order valence-corrected chi connectivity index (χ1v) is 5.15. The molecule has 84 valence electrons. The van der Waals surface area contributed by atoms with Gasteiger partial charge in [0.2, 0.25) is 0 Å². The normalized spacial score (nSPS) is 12.8. The highest BCUT2D eigenvalue weighted by molar-refractivity contribution is 5.78. The van der Waals surface area contributed by atoms with E-state index in [9.17, 15) is 4.79 Å². The molecule has 0 amide bonds. The van der Waals surface area contributed by atoms with Gasteiger partial charge in [-0.25, -0.2) is 0 Å². The standard InChI is InChI=1S/C11H18N2O2/c1-8-6-11(13(3)12-8)7-10(4-5-14)9(2)15/h6,10,14H,4-5,7H2,1-3H3. The maximum Gasteiger partial charge on any atom is 0.133 e. The molecule has 0 aliphatic rings. The Kier molecular flexibility index (Phi) is 4.03. The van der Waals surface area contributed by atoms with Crippen molar-refractivity contribution in [2.75, 3.05) is 6.61 Å². The third kappa shape index (κ3) is 3.16. The van der Waals surface area contributed by atoms with E-state index in [0.717, 1.165) is 11.4 Å². The summed E-state index contributed by atoms with van der Waals surface area (Å²) in [6.07, 6.45) is 1.19. The van der Waals surface area contributed by atoms with Crippen molar-refractivity contribution < 1.29 is 9.90 Å². The highest BCUT2D eigenvalue weighted by atomic mass is 16.3. The molecule has 1 atom stereocenters. The molecule has 1 aromatic rings. The molecule has 0 saturated carbocycles. The third-order valence-corrected chi connectivity index (χ3v) is 2.61. The van der Waals surface area contributed by atoms with Crippen LogP contribution in [0.15, 0.2) is 6.07 Å². The van der Waals surface area contributed by atoms with Crippen LogP contribution in [0.4, 0.5) is 0 Å². The van der Waals surface area contributed by atoms with E-state index in [1.807, 2.05) is 20.0 Å². The number of carbonyl (C=O) groups excluding carboxylic acids is 1. The number of hydrogen-bond donors (Lipinski definition) is 1. The molecule has 0 aliphatic carbocycles. The highest BCUT2D eigenvalue weighted by Gasteiger charge is 2.16. The summed E-state index contributed by atoms with van der Waals surface area (Å²) in [5.74, 6) is 0.0349. The zero-order valence-corrected chi connectivity index (χ0v) is 9.53. The summed E-state index contributed by atoms with van der Waals surface area (Å²) in [6, 6.07) is 1.98. The van der Waals surface area contributed by atoms with Gasteiger partial charge in [0.25, 0.3) is 0 Å². The first-order chi connectivity index (χ1) is 7.04. The van der Waals surface area contributed by atoms with Crippen LogP contribution >= 0.6 is 0 Å². The van der Waals surface area contributed by atoms with Crippen molar-refractivity contribution in [1.29, 1.82) is 0 Å². The van der Waals surface area contributed by atoms with Crippen LogP contribution in [0, 0.1) is 12.8 Å². The number of Topliss-reactive ketones (excluding diaryl/α,β-unsaturated/α-hetero) is 1. The van der Waals surface area contributed by atoms with Gasteiger partial charge in [0.15, 0.2) is 0 Å². The van der Waals surface area contributed by atoms with E-state index in [1.54, 1.807) is 11.6 Å². The van der Waals surface area contributed by atoms with Gasteiger partial charge in [-0.05, 0) is 32.8 Å². The molecule has 4 heteroatoms. The van der Waals surface area contributed by atoms with Gasteiger partial charge in [-0.2, -0.15) is 5.10 Å². The third-order valence-electron chi connectivity index (χ3n) is 2.61. The minimum atomic E-state index is -0.0928. The van der Waals surface area contributed by atoms with Crippen molar-refractivity contribution in [3.8, 4) is 0 Å². The zero-order chi connectivity index (χ0) is 11.4. The summed E-state index contributed by atoms with van der Waals surface area (Å²) >= 11 is 0. The monoisotopic (exact) mass is 210 g/mol. The lowest BCUT2D eigenvalue weighted by Crippen LogP contribution is -2.17. The van der Waals surface area contributed by atoms with E-state index in [0.29, 0.717) is 12.8 Å². The predicted molar refractivity (Wildman–Crippen MR) is 57.5 cm³/mol. The fourth-order valence-corrected chi connectivity index (χ4v) is 1.71. The molecule has 1 rings (SSSR count). The van der Waals surface area contributed by atoms with Gasteiger partial charge < -0.3 is 5.11 Å². The van der Waals surface area contributed by atoms with Gasteiger partial charge in [-0.3, -0.25) is 9.48 Å². The Balaban J connectivity index is 2.73. The van der Waals surface area contributed by atoms with E-state index in [4.69, 9.17) is 5.11 Å². The fourth-order valence-electron chi connectivity index (χ4n) is 1.71. The molecular weight excluding hydrogens is 192 g/mol. The van der Waals surface area contributed by atoms with Crippen LogP contribution in [-0.2, 0) is 18.3 Å². The predicted octanol–water partition coefficient (Wildman–Crippen LogP) is 0.859. The van der Waals surface area contributed by atoms with Crippen molar-refractivity contribution in [3.05, 3.63) is 17.5 Å². The Morgan fingerprint density at radius 1 is 1.67 bits per heavy atom. The average Bonchev–Trinajstić information content (AvgIpc) is 2.44. The van der Waals surface area contributed by atoms with E-state index in [1.165, 1.54) is 0 Å². The Hall–Kier alpha value is -1.16. The van der Waals surface area contributed by atoms with Crippen LogP contribution in [0.5, 0.6) is 0 Å². The number of aryl methyl sites for hydroxylation is 2. The molecule has 0 radical (unpaired) electrons. The first kappa shape index (κ1) is 11.9. The van der Waals surface area contributed by atoms with Crippen molar-refractivity contribution in [1.82, 2.24) is 9.78 Å². The number of hydrogen-bond acceptors (Lipinski definition) is 3. The van der Waals surface area contributed by atoms with Crippen LogP contribution in [-0.4, -0.2) is 27.3 Å². The minimum absolute atomic E-state index is 0.0566. The molecule has 0 fully saturated rings. The van der Waals surface area contributed by atoms with Crippen molar-refractivity contribution in [2.24, 2.45) is 13.0 Å². The Morgan fingerprint density at radius 3 is 2.73 bits per heavy atom. The van der Waals surface area contributed by atoms with Gasteiger partial charge in [-0.15, -0.1) is 0 Å². The summed E-state index contributed by atoms with van der Waals surface area (Å²) in [5, 5.41) is 13.1. The van der Waals surface area contributed by atoms with E-state index in [2.05, 4.69) is 5.10 Å². The maximum absolute atomic E-state index is 11.3. The van der Waals surface area contributed by atoms with Crippen LogP contribution in [0.1, 0.15) is 24.7 Å². The second-order valence-electron chi connectivity index (χ2n) is 3.92. The first-order valence-electron chi connectivity index (χ1n) is 5.15. The van der Waals surface area contributed by atoms with E-state index in [-0.39, 0.29) is 18.3 Å². The number of carbonyl (C=O) groups is 1. The van der Waals surface area contributed by atoms with Gasteiger partial charge in [0.1, 0.15) is 5.78 Å². The largest absolute Gasteiger partial charge is 0.396 e. The summed E-state index contributed by atoms with van der Waals surface area (Å²) in [5.41, 5.74) is 2.00. The molecular formula is C11H18N2O2. The molecule has 1 aromatic heterocycles. The number of nitrogens with zero attached hydrogens (tertiary/aromatic N) is 2.